The van der Waals surface area contributed by atoms with Crippen molar-refractivity contribution in [2.24, 2.45) is 5.92 Å². The van der Waals surface area contributed by atoms with Crippen LogP contribution in [-0.4, -0.2) is 13.7 Å². The minimum atomic E-state index is 0.444. The van der Waals surface area contributed by atoms with Crippen LogP contribution < -0.4 is 10.1 Å². The Morgan fingerprint density at radius 2 is 2.00 bits per heavy atom. The maximum atomic E-state index is 5.43. The van der Waals surface area contributed by atoms with Gasteiger partial charge in [-0.25, -0.2) is 0 Å². The summed E-state index contributed by atoms with van der Waals surface area (Å²) in [7, 11) is 1.76. The molecule has 1 N–H and O–H groups in total. The van der Waals surface area contributed by atoms with E-state index in [9.17, 15) is 0 Å². The third-order valence-corrected chi connectivity index (χ3v) is 4.38. The number of rotatable bonds is 8. The van der Waals surface area contributed by atoms with Gasteiger partial charge in [-0.3, -0.25) is 0 Å². The van der Waals surface area contributed by atoms with Crippen molar-refractivity contribution in [2.45, 2.75) is 46.1 Å². The van der Waals surface area contributed by atoms with Gasteiger partial charge in [-0.05, 0) is 30.3 Å². The Bertz CT molecular complexity index is 307. The lowest BCUT2D eigenvalue weighted by molar-refractivity contribution is 0.361. The molecule has 0 fully saturated rings. The van der Waals surface area contributed by atoms with Crippen LogP contribution in [0.3, 0.4) is 0 Å². The van der Waals surface area contributed by atoms with Gasteiger partial charge in [0.25, 0.3) is 0 Å². The van der Waals surface area contributed by atoms with Crippen molar-refractivity contribution in [2.75, 3.05) is 13.7 Å². The summed E-state index contributed by atoms with van der Waals surface area (Å²) in [5.74, 6) is 1.83. The van der Waals surface area contributed by atoms with Crippen molar-refractivity contribution < 1.29 is 4.74 Å². The number of nitrogens with one attached hydrogen (secondary N) is 1. The Kier molecular flexibility index (Phi) is 6.60. The van der Waals surface area contributed by atoms with Crippen LogP contribution >= 0.6 is 11.3 Å². The monoisotopic (exact) mass is 255 g/mol. The van der Waals surface area contributed by atoms with Gasteiger partial charge in [-0.1, -0.05) is 33.6 Å². The lowest BCUT2D eigenvalue weighted by Crippen LogP contribution is -2.23. The fourth-order valence-electron chi connectivity index (χ4n) is 2.22. The highest BCUT2D eigenvalue weighted by Gasteiger charge is 2.19. The first-order valence-corrected chi connectivity index (χ1v) is 7.49. The molecular weight excluding hydrogens is 230 g/mol. The Morgan fingerprint density at radius 3 is 2.53 bits per heavy atom. The number of thiophene rings is 1. The average Bonchev–Trinajstić information content (AvgIpc) is 2.82. The average molecular weight is 255 g/mol. The quantitative estimate of drug-likeness (QED) is 0.750. The minimum absolute atomic E-state index is 0.444. The summed E-state index contributed by atoms with van der Waals surface area (Å²) < 4.78 is 5.43. The van der Waals surface area contributed by atoms with Gasteiger partial charge >= 0.3 is 0 Å². The SMILES string of the molecule is CCNC(CC(CC)CC)c1sccc1OC. The Morgan fingerprint density at radius 1 is 1.29 bits per heavy atom. The summed E-state index contributed by atoms with van der Waals surface area (Å²) in [4.78, 5) is 1.35. The van der Waals surface area contributed by atoms with E-state index in [1.807, 2.05) is 0 Å². The summed E-state index contributed by atoms with van der Waals surface area (Å²) in [5, 5.41) is 5.71. The van der Waals surface area contributed by atoms with Gasteiger partial charge in [-0.2, -0.15) is 0 Å². The second kappa shape index (κ2) is 7.72. The van der Waals surface area contributed by atoms with E-state index in [-0.39, 0.29) is 0 Å². The number of hydrogen-bond donors (Lipinski definition) is 1. The first-order valence-electron chi connectivity index (χ1n) is 6.61. The molecule has 0 radical (unpaired) electrons. The van der Waals surface area contributed by atoms with E-state index < -0.39 is 0 Å². The zero-order valence-electron chi connectivity index (χ0n) is 11.5. The van der Waals surface area contributed by atoms with Crippen molar-refractivity contribution in [3.05, 3.63) is 16.3 Å². The van der Waals surface area contributed by atoms with Crippen LogP contribution in [0.4, 0.5) is 0 Å². The molecule has 0 aliphatic rings. The van der Waals surface area contributed by atoms with Crippen LogP contribution in [0.2, 0.25) is 0 Å². The van der Waals surface area contributed by atoms with Crippen LogP contribution in [0.25, 0.3) is 0 Å². The molecule has 0 aromatic carbocycles. The molecule has 17 heavy (non-hydrogen) atoms. The first kappa shape index (κ1) is 14.5. The van der Waals surface area contributed by atoms with Crippen molar-refractivity contribution >= 4 is 11.3 Å². The lowest BCUT2D eigenvalue weighted by Gasteiger charge is -2.22. The molecule has 1 rings (SSSR count). The predicted octanol–water partition coefficient (Wildman–Crippen LogP) is 4.23. The summed E-state index contributed by atoms with van der Waals surface area (Å²) in [6, 6.07) is 2.51. The van der Waals surface area contributed by atoms with Crippen LogP contribution in [0, 0.1) is 5.92 Å². The summed E-state index contributed by atoms with van der Waals surface area (Å²) in [5.41, 5.74) is 0. The van der Waals surface area contributed by atoms with Crippen molar-refractivity contribution in [3.8, 4) is 5.75 Å². The van der Waals surface area contributed by atoms with E-state index >= 15 is 0 Å². The summed E-state index contributed by atoms with van der Waals surface area (Å²) in [6.45, 7) is 7.73. The van der Waals surface area contributed by atoms with Gasteiger partial charge in [0.2, 0.25) is 0 Å². The normalized spacial score (nSPS) is 13.0. The second-order valence-electron chi connectivity index (χ2n) is 4.38. The molecule has 1 atom stereocenters. The Labute approximate surface area is 109 Å². The van der Waals surface area contributed by atoms with Gasteiger partial charge in [0.1, 0.15) is 5.75 Å². The van der Waals surface area contributed by atoms with Gasteiger partial charge < -0.3 is 10.1 Å². The van der Waals surface area contributed by atoms with Gasteiger partial charge in [-0.15, -0.1) is 11.3 Å². The molecule has 98 valence electrons. The zero-order chi connectivity index (χ0) is 12.7. The molecule has 0 amide bonds. The maximum absolute atomic E-state index is 5.43. The van der Waals surface area contributed by atoms with Gasteiger partial charge in [0.05, 0.1) is 12.0 Å². The van der Waals surface area contributed by atoms with Crippen LogP contribution in [-0.2, 0) is 0 Å². The van der Waals surface area contributed by atoms with Crippen molar-refractivity contribution in [1.29, 1.82) is 0 Å². The van der Waals surface area contributed by atoms with Crippen LogP contribution in [0.1, 0.15) is 51.0 Å². The van der Waals surface area contributed by atoms with Crippen molar-refractivity contribution in [3.63, 3.8) is 0 Å². The zero-order valence-corrected chi connectivity index (χ0v) is 12.3. The van der Waals surface area contributed by atoms with E-state index in [4.69, 9.17) is 4.74 Å². The molecule has 0 saturated heterocycles. The third kappa shape index (κ3) is 4.00. The Balaban J connectivity index is 2.77. The molecule has 1 aromatic rings. The minimum Gasteiger partial charge on any atom is -0.496 e. The van der Waals surface area contributed by atoms with E-state index in [1.165, 1.54) is 24.1 Å². The highest BCUT2D eigenvalue weighted by Crippen LogP contribution is 2.35. The fraction of sp³-hybridized carbons (Fsp3) is 0.714. The number of hydrogen-bond acceptors (Lipinski definition) is 3. The first-order chi connectivity index (χ1) is 8.26. The topological polar surface area (TPSA) is 21.3 Å². The molecule has 0 aliphatic heterocycles. The maximum Gasteiger partial charge on any atom is 0.134 e. The molecule has 0 saturated carbocycles. The highest BCUT2D eigenvalue weighted by atomic mass is 32.1. The highest BCUT2D eigenvalue weighted by molar-refractivity contribution is 7.10. The summed E-state index contributed by atoms with van der Waals surface area (Å²) >= 11 is 1.80. The van der Waals surface area contributed by atoms with E-state index in [2.05, 4.69) is 37.5 Å². The third-order valence-electron chi connectivity index (χ3n) is 3.37. The molecule has 1 unspecified atom stereocenters. The van der Waals surface area contributed by atoms with E-state index in [1.54, 1.807) is 18.4 Å². The number of methoxy groups -OCH3 is 1. The van der Waals surface area contributed by atoms with Gasteiger partial charge in [0, 0.05) is 6.04 Å². The standard InChI is InChI=1S/C14H25NOS/c1-5-11(6-2)10-12(15-7-3)14-13(16-4)8-9-17-14/h8-9,11-12,15H,5-7,10H2,1-4H3. The predicted molar refractivity (Wildman–Crippen MR) is 76.0 cm³/mol. The molecule has 3 heteroatoms. The van der Waals surface area contributed by atoms with E-state index in [0.717, 1.165) is 18.2 Å². The number of ether oxygens (including phenoxy) is 1. The molecule has 2 nitrogen and oxygen atoms in total. The van der Waals surface area contributed by atoms with Crippen LogP contribution in [0.15, 0.2) is 11.4 Å². The fourth-order valence-corrected chi connectivity index (χ4v) is 3.17. The molecule has 0 bridgehead atoms. The van der Waals surface area contributed by atoms with E-state index in [0.29, 0.717) is 6.04 Å². The molecule has 0 aliphatic carbocycles. The smallest absolute Gasteiger partial charge is 0.134 e. The molecular formula is C14H25NOS. The van der Waals surface area contributed by atoms with Crippen LogP contribution in [0.5, 0.6) is 5.75 Å². The lowest BCUT2D eigenvalue weighted by atomic mass is 9.94. The second-order valence-corrected chi connectivity index (χ2v) is 5.33. The summed E-state index contributed by atoms with van der Waals surface area (Å²) in [6.07, 6.45) is 3.72. The van der Waals surface area contributed by atoms with Gasteiger partial charge in [0.15, 0.2) is 0 Å². The molecule has 1 aromatic heterocycles. The molecule has 0 spiro atoms. The van der Waals surface area contributed by atoms with Crippen molar-refractivity contribution in [1.82, 2.24) is 5.32 Å². The largest absolute Gasteiger partial charge is 0.496 e. The molecule has 1 heterocycles. The Hall–Kier alpha value is -0.540.